The van der Waals surface area contributed by atoms with Crippen molar-refractivity contribution in [3.8, 4) is 0 Å². The van der Waals surface area contributed by atoms with Crippen LogP contribution in [0.1, 0.15) is 26.2 Å². The van der Waals surface area contributed by atoms with Crippen molar-refractivity contribution in [2.24, 2.45) is 5.92 Å². The van der Waals surface area contributed by atoms with Gasteiger partial charge >= 0.3 is 6.03 Å². The van der Waals surface area contributed by atoms with Gasteiger partial charge in [0, 0.05) is 25.3 Å². The van der Waals surface area contributed by atoms with E-state index in [2.05, 4.69) is 10.6 Å². The first-order valence-electron chi connectivity index (χ1n) is 7.80. The number of carbonyl (C=O) groups is 2. The van der Waals surface area contributed by atoms with Gasteiger partial charge in [0.1, 0.15) is 5.82 Å². The molecule has 3 amide bonds. The number of anilines is 1. The Hall–Kier alpha value is -1.82. The zero-order valence-electron chi connectivity index (χ0n) is 13.1. The molecule has 0 aromatic heterocycles. The lowest BCUT2D eigenvalue weighted by molar-refractivity contribution is -0.121. The van der Waals surface area contributed by atoms with Crippen LogP contribution in [0, 0.1) is 11.7 Å². The lowest BCUT2D eigenvalue weighted by Crippen LogP contribution is -2.48. The second kappa shape index (κ2) is 8.15. The highest BCUT2D eigenvalue weighted by Crippen LogP contribution is 2.22. The second-order valence-corrected chi connectivity index (χ2v) is 6.04. The standard InChI is InChI=1S/C16H21ClFN3O2/c1-2-7-19-16(23)21-8-3-4-11(10-21)15(22)20-12-5-6-13(17)14(18)9-12/h5-6,9,11H,2-4,7-8,10H2,1H3,(H,19,23)(H,20,22)/t11-/m0/s1. The first-order valence-corrected chi connectivity index (χ1v) is 8.17. The monoisotopic (exact) mass is 341 g/mol. The van der Waals surface area contributed by atoms with Gasteiger partial charge in [-0.2, -0.15) is 0 Å². The Morgan fingerprint density at radius 3 is 2.91 bits per heavy atom. The summed E-state index contributed by atoms with van der Waals surface area (Å²) in [6.07, 6.45) is 2.34. The molecule has 1 aliphatic heterocycles. The van der Waals surface area contributed by atoms with E-state index in [9.17, 15) is 14.0 Å². The predicted molar refractivity (Wildman–Crippen MR) is 88.0 cm³/mol. The molecule has 23 heavy (non-hydrogen) atoms. The number of amides is 3. The summed E-state index contributed by atoms with van der Waals surface area (Å²) in [6, 6.07) is 4.01. The van der Waals surface area contributed by atoms with E-state index < -0.39 is 5.82 Å². The average Bonchev–Trinajstić information content (AvgIpc) is 2.56. The van der Waals surface area contributed by atoms with Gasteiger partial charge in [0.05, 0.1) is 10.9 Å². The first kappa shape index (κ1) is 17.5. The van der Waals surface area contributed by atoms with Crippen LogP contribution in [0.15, 0.2) is 18.2 Å². The van der Waals surface area contributed by atoms with Crippen molar-refractivity contribution in [2.45, 2.75) is 26.2 Å². The largest absolute Gasteiger partial charge is 0.338 e. The quantitative estimate of drug-likeness (QED) is 0.883. The molecule has 0 radical (unpaired) electrons. The van der Waals surface area contributed by atoms with E-state index >= 15 is 0 Å². The molecule has 2 rings (SSSR count). The molecule has 1 fully saturated rings. The zero-order chi connectivity index (χ0) is 16.8. The molecule has 1 aromatic rings. The van der Waals surface area contributed by atoms with Crippen LogP contribution in [-0.4, -0.2) is 36.5 Å². The molecule has 0 bridgehead atoms. The van der Waals surface area contributed by atoms with Gasteiger partial charge in [-0.1, -0.05) is 18.5 Å². The van der Waals surface area contributed by atoms with E-state index in [4.69, 9.17) is 11.6 Å². The Morgan fingerprint density at radius 1 is 1.43 bits per heavy atom. The van der Waals surface area contributed by atoms with Gasteiger partial charge in [-0.3, -0.25) is 4.79 Å². The molecule has 0 saturated carbocycles. The molecule has 5 nitrogen and oxygen atoms in total. The highest BCUT2D eigenvalue weighted by molar-refractivity contribution is 6.30. The minimum atomic E-state index is -0.575. The molecule has 1 aromatic carbocycles. The maximum absolute atomic E-state index is 13.4. The predicted octanol–water partition coefficient (Wildman–Crippen LogP) is 3.25. The van der Waals surface area contributed by atoms with Gasteiger partial charge < -0.3 is 15.5 Å². The van der Waals surface area contributed by atoms with Crippen LogP contribution in [0.5, 0.6) is 0 Å². The Bertz CT molecular complexity index is 582. The fourth-order valence-corrected chi connectivity index (χ4v) is 2.66. The van der Waals surface area contributed by atoms with Gasteiger partial charge in [0.15, 0.2) is 0 Å². The summed E-state index contributed by atoms with van der Waals surface area (Å²) < 4.78 is 13.4. The lowest BCUT2D eigenvalue weighted by atomic mass is 9.97. The highest BCUT2D eigenvalue weighted by atomic mass is 35.5. The molecule has 1 aliphatic rings. The van der Waals surface area contributed by atoms with Crippen molar-refractivity contribution >= 4 is 29.2 Å². The highest BCUT2D eigenvalue weighted by Gasteiger charge is 2.28. The van der Waals surface area contributed by atoms with Gasteiger partial charge in [-0.05, 0) is 37.5 Å². The van der Waals surface area contributed by atoms with Crippen LogP contribution < -0.4 is 10.6 Å². The van der Waals surface area contributed by atoms with Crippen LogP contribution in [0.4, 0.5) is 14.9 Å². The summed E-state index contributed by atoms with van der Waals surface area (Å²) in [4.78, 5) is 26.0. The van der Waals surface area contributed by atoms with E-state index in [0.717, 1.165) is 12.8 Å². The molecule has 0 spiro atoms. The SMILES string of the molecule is CCCNC(=O)N1CCC[C@H](C(=O)Nc2ccc(Cl)c(F)c2)C1. The van der Waals surface area contributed by atoms with E-state index in [1.807, 2.05) is 6.92 Å². The normalized spacial score (nSPS) is 17.7. The summed E-state index contributed by atoms with van der Waals surface area (Å²) in [5.41, 5.74) is 0.365. The van der Waals surface area contributed by atoms with E-state index in [1.54, 1.807) is 11.0 Å². The number of nitrogens with zero attached hydrogens (tertiary/aromatic N) is 1. The molecule has 0 aliphatic carbocycles. The van der Waals surface area contributed by atoms with Gasteiger partial charge in [0.25, 0.3) is 0 Å². The number of carbonyl (C=O) groups excluding carboxylic acids is 2. The smallest absolute Gasteiger partial charge is 0.317 e. The summed E-state index contributed by atoms with van der Waals surface area (Å²) >= 11 is 5.62. The molecule has 1 heterocycles. The number of hydrogen-bond donors (Lipinski definition) is 2. The Morgan fingerprint density at radius 2 is 2.22 bits per heavy atom. The summed E-state index contributed by atoms with van der Waals surface area (Å²) in [5, 5.41) is 5.52. The number of urea groups is 1. The third kappa shape index (κ3) is 4.82. The minimum Gasteiger partial charge on any atom is -0.338 e. The molecule has 2 N–H and O–H groups in total. The summed E-state index contributed by atoms with van der Waals surface area (Å²) in [6.45, 7) is 3.63. The Kier molecular flexibility index (Phi) is 6.21. The van der Waals surface area contributed by atoms with Crippen molar-refractivity contribution in [3.05, 3.63) is 29.0 Å². The third-order valence-corrected chi connectivity index (χ3v) is 4.10. The van der Waals surface area contributed by atoms with Crippen molar-refractivity contribution in [2.75, 3.05) is 25.0 Å². The number of likely N-dealkylation sites (tertiary alicyclic amines) is 1. The number of benzene rings is 1. The second-order valence-electron chi connectivity index (χ2n) is 5.64. The van der Waals surface area contributed by atoms with Gasteiger partial charge in [-0.15, -0.1) is 0 Å². The van der Waals surface area contributed by atoms with Crippen LogP contribution in [0.2, 0.25) is 5.02 Å². The van der Waals surface area contributed by atoms with Crippen molar-refractivity contribution in [3.63, 3.8) is 0 Å². The minimum absolute atomic E-state index is 0.0134. The number of piperidine rings is 1. The summed E-state index contributed by atoms with van der Waals surface area (Å²) in [5.74, 6) is -1.08. The number of hydrogen-bond acceptors (Lipinski definition) is 2. The van der Waals surface area contributed by atoms with Gasteiger partial charge in [-0.25, -0.2) is 9.18 Å². The van der Waals surface area contributed by atoms with E-state index in [0.29, 0.717) is 31.7 Å². The Balaban J connectivity index is 1.93. The van der Waals surface area contributed by atoms with Gasteiger partial charge in [0.2, 0.25) is 5.91 Å². The molecule has 0 unspecified atom stereocenters. The molecular formula is C16H21ClFN3O2. The van der Waals surface area contributed by atoms with E-state index in [1.165, 1.54) is 12.1 Å². The van der Waals surface area contributed by atoms with Crippen LogP contribution in [0.25, 0.3) is 0 Å². The first-order chi connectivity index (χ1) is 11.0. The van der Waals surface area contributed by atoms with Crippen molar-refractivity contribution in [1.29, 1.82) is 0 Å². The average molecular weight is 342 g/mol. The Labute approximate surface area is 140 Å². The van der Waals surface area contributed by atoms with Crippen molar-refractivity contribution < 1.29 is 14.0 Å². The summed E-state index contributed by atoms with van der Waals surface area (Å²) in [7, 11) is 0. The topological polar surface area (TPSA) is 61.4 Å². The van der Waals surface area contributed by atoms with Crippen molar-refractivity contribution in [1.82, 2.24) is 10.2 Å². The van der Waals surface area contributed by atoms with E-state index in [-0.39, 0.29) is 22.9 Å². The maximum Gasteiger partial charge on any atom is 0.317 e. The lowest BCUT2D eigenvalue weighted by Gasteiger charge is -2.32. The fourth-order valence-electron chi connectivity index (χ4n) is 2.54. The molecule has 1 atom stereocenters. The molecule has 7 heteroatoms. The zero-order valence-corrected chi connectivity index (χ0v) is 13.8. The number of rotatable bonds is 4. The molecule has 1 saturated heterocycles. The number of nitrogens with one attached hydrogen (secondary N) is 2. The van der Waals surface area contributed by atoms with Crippen LogP contribution in [-0.2, 0) is 4.79 Å². The third-order valence-electron chi connectivity index (χ3n) is 3.79. The fraction of sp³-hybridized carbons (Fsp3) is 0.500. The molecule has 126 valence electrons. The van der Waals surface area contributed by atoms with Crippen LogP contribution in [0.3, 0.4) is 0 Å². The number of halogens is 2. The van der Waals surface area contributed by atoms with Crippen LogP contribution >= 0.6 is 11.6 Å². The molecular weight excluding hydrogens is 321 g/mol. The maximum atomic E-state index is 13.4.